The van der Waals surface area contributed by atoms with E-state index in [-0.39, 0.29) is 5.91 Å². The van der Waals surface area contributed by atoms with E-state index in [4.69, 9.17) is 0 Å². The second kappa shape index (κ2) is 8.86. The van der Waals surface area contributed by atoms with Crippen molar-refractivity contribution >= 4 is 50.9 Å². The van der Waals surface area contributed by atoms with Gasteiger partial charge < -0.3 is 10.4 Å². The highest BCUT2D eigenvalue weighted by molar-refractivity contribution is 8.01. The molecule has 0 saturated heterocycles. The van der Waals surface area contributed by atoms with E-state index in [1.807, 2.05) is 18.2 Å². The van der Waals surface area contributed by atoms with Crippen molar-refractivity contribution in [2.24, 2.45) is 11.8 Å². The molecule has 5 nitrogen and oxygen atoms in total. The molecule has 1 amide bonds. The van der Waals surface area contributed by atoms with E-state index in [9.17, 15) is 14.7 Å². The number of thiazole rings is 1. The number of anilines is 1. The first kappa shape index (κ1) is 19.2. The fourth-order valence-electron chi connectivity index (χ4n) is 3.32. The van der Waals surface area contributed by atoms with Crippen molar-refractivity contribution in [2.75, 3.05) is 11.1 Å². The number of carboxylic acids is 1. The van der Waals surface area contributed by atoms with Gasteiger partial charge in [0.2, 0.25) is 5.91 Å². The Kier molecular flexibility index (Phi) is 6.53. The van der Waals surface area contributed by atoms with Gasteiger partial charge in [0.15, 0.2) is 4.34 Å². The molecular weight excluding hydrogens is 368 g/mol. The molecule has 1 aromatic carbocycles. The van der Waals surface area contributed by atoms with Gasteiger partial charge in [-0.05, 0) is 37.5 Å². The van der Waals surface area contributed by atoms with Gasteiger partial charge in [-0.3, -0.25) is 9.59 Å². The molecule has 0 spiro atoms. The van der Waals surface area contributed by atoms with Crippen LogP contribution in [0.5, 0.6) is 0 Å². The first-order valence-corrected chi connectivity index (χ1v) is 11.0. The second-order valence-electron chi connectivity index (χ2n) is 6.69. The normalized spacial score (nSPS) is 20.2. The fraction of sp³-hybridized carbons (Fsp3) is 0.526. The molecule has 1 saturated carbocycles. The van der Waals surface area contributed by atoms with E-state index in [1.54, 1.807) is 23.1 Å². The number of benzene rings is 1. The van der Waals surface area contributed by atoms with Crippen LogP contribution in [0.1, 0.15) is 45.4 Å². The van der Waals surface area contributed by atoms with Crippen LogP contribution in [0.2, 0.25) is 0 Å². The number of aliphatic carboxylic acids is 1. The largest absolute Gasteiger partial charge is 0.481 e. The molecule has 0 unspecified atom stereocenters. The second-order valence-corrected chi connectivity index (χ2v) is 9.06. The maximum atomic E-state index is 12.6. The number of nitrogens with zero attached hydrogens (tertiary/aromatic N) is 1. The highest BCUT2D eigenvalue weighted by Crippen LogP contribution is 2.33. The summed E-state index contributed by atoms with van der Waals surface area (Å²) in [6, 6.07) is 5.70. The quantitative estimate of drug-likeness (QED) is 0.511. The number of aromatic nitrogens is 1. The van der Waals surface area contributed by atoms with E-state index >= 15 is 0 Å². The van der Waals surface area contributed by atoms with Crippen molar-refractivity contribution in [2.45, 2.75) is 49.8 Å². The molecule has 1 fully saturated rings. The zero-order chi connectivity index (χ0) is 18.5. The van der Waals surface area contributed by atoms with Crippen LogP contribution in [0.25, 0.3) is 10.2 Å². The lowest BCUT2D eigenvalue weighted by atomic mass is 9.78. The van der Waals surface area contributed by atoms with Crippen LogP contribution >= 0.6 is 23.1 Å². The summed E-state index contributed by atoms with van der Waals surface area (Å²) < 4.78 is 2.09. The average Bonchev–Trinajstić information content (AvgIpc) is 3.04. The van der Waals surface area contributed by atoms with Gasteiger partial charge in [-0.1, -0.05) is 37.9 Å². The lowest BCUT2D eigenvalue weighted by molar-refractivity contribution is -0.147. The number of hydrogen-bond donors (Lipinski definition) is 2. The summed E-state index contributed by atoms with van der Waals surface area (Å²) in [6.45, 7) is 2.18. The van der Waals surface area contributed by atoms with Crippen LogP contribution in [0, 0.1) is 11.8 Å². The van der Waals surface area contributed by atoms with Crippen LogP contribution in [-0.2, 0) is 9.59 Å². The number of fused-ring (bicyclic) bond motifs is 1. The number of carbonyl (C=O) groups is 2. The molecule has 140 valence electrons. The summed E-state index contributed by atoms with van der Waals surface area (Å²) in [5, 5.41) is 12.3. The summed E-state index contributed by atoms with van der Waals surface area (Å²) in [5.41, 5.74) is 1.65. The Balaban J connectivity index is 1.69. The fourth-order valence-corrected chi connectivity index (χ4v) is 5.58. The minimum atomic E-state index is -0.864. The molecule has 1 aromatic heterocycles. The minimum absolute atomic E-state index is 0.182. The van der Waals surface area contributed by atoms with Gasteiger partial charge in [-0.2, -0.15) is 0 Å². The molecule has 2 aromatic rings. The van der Waals surface area contributed by atoms with Crippen LogP contribution < -0.4 is 5.32 Å². The zero-order valence-electron chi connectivity index (χ0n) is 14.9. The van der Waals surface area contributed by atoms with E-state index in [0.29, 0.717) is 18.5 Å². The van der Waals surface area contributed by atoms with Gasteiger partial charge in [0.1, 0.15) is 0 Å². The Morgan fingerprint density at radius 1 is 1.31 bits per heavy atom. The Hall–Kier alpha value is -1.60. The summed E-state index contributed by atoms with van der Waals surface area (Å²) in [6.07, 6.45) is 5.37. The van der Waals surface area contributed by atoms with Crippen molar-refractivity contribution in [3.05, 3.63) is 18.2 Å². The third-order valence-corrected chi connectivity index (χ3v) is 7.03. The third kappa shape index (κ3) is 4.57. The molecule has 1 heterocycles. The molecule has 2 atom stereocenters. The van der Waals surface area contributed by atoms with Crippen LogP contribution in [0.3, 0.4) is 0 Å². The summed E-state index contributed by atoms with van der Waals surface area (Å²) >= 11 is 3.41. The Morgan fingerprint density at radius 2 is 2.08 bits per heavy atom. The monoisotopic (exact) mass is 392 g/mol. The molecule has 0 aliphatic heterocycles. The topological polar surface area (TPSA) is 79.3 Å². The highest BCUT2D eigenvalue weighted by Gasteiger charge is 2.35. The SMILES string of the molecule is CCCCSc1nc2ccc(NC(=O)[C@H]3CCCC[C@H]3C(=O)O)cc2s1. The molecular formula is C19H24N2O3S2. The maximum absolute atomic E-state index is 12.6. The number of carbonyl (C=O) groups excluding carboxylic acids is 1. The van der Waals surface area contributed by atoms with Crippen molar-refractivity contribution in [1.82, 2.24) is 4.98 Å². The number of amides is 1. The van der Waals surface area contributed by atoms with Crippen LogP contribution in [-0.4, -0.2) is 27.7 Å². The predicted octanol–water partition coefficient (Wildman–Crippen LogP) is 5.02. The number of hydrogen-bond acceptors (Lipinski definition) is 5. The minimum Gasteiger partial charge on any atom is -0.481 e. The van der Waals surface area contributed by atoms with E-state index in [0.717, 1.165) is 33.2 Å². The zero-order valence-corrected chi connectivity index (χ0v) is 16.5. The van der Waals surface area contributed by atoms with Crippen molar-refractivity contribution in [3.8, 4) is 0 Å². The Morgan fingerprint density at radius 3 is 2.81 bits per heavy atom. The average molecular weight is 393 g/mol. The Bertz CT molecular complexity index is 790. The van der Waals surface area contributed by atoms with Crippen molar-refractivity contribution < 1.29 is 14.7 Å². The van der Waals surface area contributed by atoms with Gasteiger partial charge in [0.05, 0.1) is 22.1 Å². The first-order valence-electron chi connectivity index (χ1n) is 9.15. The molecule has 2 N–H and O–H groups in total. The number of rotatable bonds is 7. The van der Waals surface area contributed by atoms with Gasteiger partial charge in [-0.15, -0.1) is 11.3 Å². The smallest absolute Gasteiger partial charge is 0.307 e. The van der Waals surface area contributed by atoms with Gasteiger partial charge in [0, 0.05) is 11.4 Å². The van der Waals surface area contributed by atoms with Crippen LogP contribution in [0.15, 0.2) is 22.5 Å². The lowest BCUT2D eigenvalue weighted by Gasteiger charge is -2.27. The standard InChI is InChI=1S/C19H24N2O3S2/c1-2-3-10-25-19-21-15-9-8-12(11-16(15)26-19)20-17(22)13-6-4-5-7-14(13)18(23)24/h8-9,11,13-14H,2-7,10H2,1H3,(H,20,22)(H,23,24)/t13-,14+/m0/s1. The first-order chi connectivity index (χ1) is 12.6. The molecule has 3 rings (SSSR count). The Labute approximate surface area is 161 Å². The molecule has 7 heteroatoms. The number of unbranched alkanes of at least 4 members (excludes halogenated alkanes) is 1. The molecule has 26 heavy (non-hydrogen) atoms. The third-order valence-electron chi connectivity index (χ3n) is 4.78. The lowest BCUT2D eigenvalue weighted by Crippen LogP contribution is -2.36. The van der Waals surface area contributed by atoms with Gasteiger partial charge in [-0.25, -0.2) is 4.98 Å². The molecule has 1 aliphatic carbocycles. The maximum Gasteiger partial charge on any atom is 0.307 e. The van der Waals surface area contributed by atoms with E-state index in [2.05, 4.69) is 17.2 Å². The van der Waals surface area contributed by atoms with Crippen molar-refractivity contribution in [3.63, 3.8) is 0 Å². The number of nitrogens with one attached hydrogen (secondary N) is 1. The number of thioether (sulfide) groups is 1. The molecule has 1 aliphatic rings. The van der Waals surface area contributed by atoms with Crippen molar-refractivity contribution in [1.29, 1.82) is 0 Å². The summed E-state index contributed by atoms with van der Waals surface area (Å²) in [4.78, 5) is 28.6. The molecule has 0 radical (unpaired) electrons. The van der Waals surface area contributed by atoms with E-state index < -0.39 is 17.8 Å². The highest BCUT2D eigenvalue weighted by atomic mass is 32.2. The van der Waals surface area contributed by atoms with E-state index in [1.165, 1.54) is 12.8 Å². The number of carboxylic acid groups (broad SMARTS) is 1. The summed E-state index contributed by atoms with van der Waals surface area (Å²) in [7, 11) is 0. The van der Waals surface area contributed by atoms with Crippen LogP contribution in [0.4, 0.5) is 5.69 Å². The van der Waals surface area contributed by atoms with Gasteiger partial charge >= 0.3 is 5.97 Å². The predicted molar refractivity (Wildman–Crippen MR) is 107 cm³/mol. The summed E-state index contributed by atoms with van der Waals surface area (Å²) in [5.74, 6) is -0.996. The molecule has 0 bridgehead atoms. The van der Waals surface area contributed by atoms with Gasteiger partial charge in [0.25, 0.3) is 0 Å².